The minimum Gasteiger partial charge on any atom is -0.493 e. The van der Waals surface area contributed by atoms with Crippen molar-refractivity contribution in [2.24, 2.45) is 0 Å². The van der Waals surface area contributed by atoms with Crippen molar-refractivity contribution in [3.8, 4) is 17.6 Å². The van der Waals surface area contributed by atoms with Crippen molar-refractivity contribution in [2.45, 2.75) is 6.92 Å². The molecule has 0 saturated heterocycles. The minimum atomic E-state index is -0.734. The van der Waals surface area contributed by atoms with Crippen LogP contribution < -0.4 is 16.3 Å². The molecular formula is C23H13ClFN5O3. The Hall–Kier alpha value is -4.42. The SMILES string of the molecule is Cc1c(C#N)c2nc3ccccc3n2c(=O)c1=Cc1c(O)n(-c2ccc(Cl)c(F)c2)[nH]c1=O. The summed E-state index contributed by atoms with van der Waals surface area (Å²) in [5.74, 6) is -1.27. The van der Waals surface area contributed by atoms with Crippen molar-refractivity contribution < 1.29 is 9.50 Å². The van der Waals surface area contributed by atoms with E-state index in [4.69, 9.17) is 11.6 Å². The molecule has 33 heavy (non-hydrogen) atoms. The number of hydrogen-bond donors (Lipinski definition) is 2. The molecule has 0 aliphatic carbocycles. The van der Waals surface area contributed by atoms with Gasteiger partial charge in [-0.25, -0.2) is 14.1 Å². The van der Waals surface area contributed by atoms with E-state index >= 15 is 0 Å². The van der Waals surface area contributed by atoms with Gasteiger partial charge in [0.05, 0.1) is 27.3 Å². The van der Waals surface area contributed by atoms with Crippen LogP contribution >= 0.6 is 11.6 Å². The van der Waals surface area contributed by atoms with E-state index in [9.17, 15) is 24.3 Å². The molecule has 3 aromatic heterocycles. The summed E-state index contributed by atoms with van der Waals surface area (Å²) in [6.45, 7) is 1.57. The smallest absolute Gasteiger partial charge is 0.275 e. The molecule has 0 saturated carbocycles. The van der Waals surface area contributed by atoms with Gasteiger partial charge >= 0.3 is 0 Å². The number of aromatic nitrogens is 4. The fourth-order valence-electron chi connectivity index (χ4n) is 3.81. The summed E-state index contributed by atoms with van der Waals surface area (Å²) < 4.78 is 16.2. The Morgan fingerprint density at radius 1 is 1.24 bits per heavy atom. The Kier molecular flexibility index (Phi) is 4.55. The van der Waals surface area contributed by atoms with Crippen LogP contribution in [0.3, 0.4) is 0 Å². The molecule has 3 heterocycles. The summed E-state index contributed by atoms with van der Waals surface area (Å²) in [6.07, 6.45) is 1.21. The van der Waals surface area contributed by atoms with Crippen LogP contribution in [0.4, 0.5) is 4.39 Å². The maximum atomic E-state index is 13.9. The van der Waals surface area contributed by atoms with E-state index in [0.29, 0.717) is 16.6 Å². The van der Waals surface area contributed by atoms with Crippen LogP contribution in [0.2, 0.25) is 5.02 Å². The summed E-state index contributed by atoms with van der Waals surface area (Å²) >= 11 is 5.70. The first-order chi connectivity index (χ1) is 15.8. The third-order valence-corrected chi connectivity index (χ3v) is 5.78. The van der Waals surface area contributed by atoms with Crippen molar-refractivity contribution in [3.05, 3.63) is 95.9 Å². The van der Waals surface area contributed by atoms with Crippen LogP contribution in [-0.4, -0.2) is 24.3 Å². The molecule has 0 radical (unpaired) electrons. The second-order valence-corrected chi connectivity index (χ2v) is 7.75. The quantitative estimate of drug-likeness (QED) is 0.419. The highest BCUT2D eigenvalue weighted by atomic mass is 35.5. The van der Waals surface area contributed by atoms with Gasteiger partial charge in [-0.05, 0) is 42.8 Å². The van der Waals surface area contributed by atoms with Crippen molar-refractivity contribution in [1.29, 1.82) is 5.26 Å². The predicted octanol–water partition coefficient (Wildman–Crippen LogP) is 2.55. The number of aromatic hydroxyl groups is 1. The molecule has 5 rings (SSSR count). The number of aromatic amines is 1. The molecule has 0 fully saturated rings. The average molecular weight is 462 g/mol. The van der Waals surface area contributed by atoms with E-state index in [1.165, 1.54) is 22.6 Å². The molecular weight excluding hydrogens is 449 g/mol. The number of fused-ring (bicyclic) bond motifs is 3. The molecule has 0 aliphatic heterocycles. The van der Waals surface area contributed by atoms with Gasteiger partial charge in [0.25, 0.3) is 11.1 Å². The van der Waals surface area contributed by atoms with Crippen LogP contribution in [0.1, 0.15) is 16.7 Å². The van der Waals surface area contributed by atoms with Gasteiger partial charge < -0.3 is 5.11 Å². The van der Waals surface area contributed by atoms with Gasteiger partial charge in [0.15, 0.2) is 5.65 Å². The summed E-state index contributed by atoms with van der Waals surface area (Å²) in [7, 11) is 0. The largest absolute Gasteiger partial charge is 0.493 e. The van der Waals surface area contributed by atoms with Gasteiger partial charge in [0.2, 0.25) is 5.88 Å². The monoisotopic (exact) mass is 461 g/mol. The molecule has 0 atom stereocenters. The van der Waals surface area contributed by atoms with E-state index in [-0.39, 0.29) is 32.7 Å². The van der Waals surface area contributed by atoms with Crippen molar-refractivity contribution in [3.63, 3.8) is 0 Å². The van der Waals surface area contributed by atoms with Crippen LogP contribution in [0, 0.1) is 24.1 Å². The van der Waals surface area contributed by atoms with Gasteiger partial charge in [-0.15, -0.1) is 0 Å². The van der Waals surface area contributed by atoms with Gasteiger partial charge in [-0.2, -0.15) is 5.26 Å². The molecule has 5 aromatic rings. The summed E-state index contributed by atoms with van der Waals surface area (Å²) in [5.41, 5.74) is 0.440. The van der Waals surface area contributed by atoms with Crippen LogP contribution in [0.5, 0.6) is 5.88 Å². The molecule has 0 unspecified atom stereocenters. The minimum absolute atomic E-state index is 0.0445. The Morgan fingerprint density at radius 3 is 2.73 bits per heavy atom. The lowest BCUT2D eigenvalue weighted by Crippen LogP contribution is -2.34. The Morgan fingerprint density at radius 2 is 2.00 bits per heavy atom. The summed E-state index contributed by atoms with van der Waals surface area (Å²) in [5, 5.41) is 22.8. The molecule has 0 amide bonds. The number of nitrogens with one attached hydrogen (secondary N) is 1. The number of nitrogens with zero attached hydrogens (tertiary/aromatic N) is 4. The highest BCUT2D eigenvalue weighted by Gasteiger charge is 2.19. The molecule has 2 aromatic carbocycles. The lowest BCUT2D eigenvalue weighted by atomic mass is 10.1. The summed E-state index contributed by atoms with van der Waals surface area (Å²) in [4.78, 5) is 30.4. The van der Waals surface area contributed by atoms with E-state index in [1.54, 1.807) is 31.2 Å². The number of imidazole rings is 1. The Bertz CT molecular complexity index is 1830. The lowest BCUT2D eigenvalue weighted by molar-refractivity contribution is 0.432. The standard InChI is InChI=1S/C23H13ClFN5O3/c1-11-13(22(32)29-19-5-3-2-4-18(19)27-20(29)15(11)10-26)9-14-21(31)28-30(23(14)33)12-6-7-16(24)17(25)8-12/h2-9,33H,1H3,(H,28,31). The highest BCUT2D eigenvalue weighted by Crippen LogP contribution is 2.23. The van der Waals surface area contributed by atoms with Gasteiger partial charge in [-0.1, -0.05) is 23.7 Å². The maximum absolute atomic E-state index is 13.9. The second-order valence-electron chi connectivity index (χ2n) is 7.35. The Labute approximate surface area is 189 Å². The molecule has 0 spiro atoms. The molecule has 162 valence electrons. The van der Waals surface area contributed by atoms with Gasteiger partial charge in [0, 0.05) is 11.3 Å². The average Bonchev–Trinajstić information content (AvgIpc) is 3.31. The second kappa shape index (κ2) is 7.32. The molecule has 8 nitrogen and oxygen atoms in total. The lowest BCUT2D eigenvalue weighted by Gasteiger charge is -2.05. The van der Waals surface area contributed by atoms with Crippen LogP contribution in [-0.2, 0) is 0 Å². The number of rotatable bonds is 2. The van der Waals surface area contributed by atoms with Crippen molar-refractivity contribution in [2.75, 3.05) is 0 Å². The fourth-order valence-corrected chi connectivity index (χ4v) is 3.93. The number of benzene rings is 2. The molecule has 0 bridgehead atoms. The van der Waals surface area contributed by atoms with Crippen molar-refractivity contribution >= 4 is 34.4 Å². The molecule has 0 aliphatic rings. The predicted molar refractivity (Wildman–Crippen MR) is 120 cm³/mol. The first kappa shape index (κ1) is 20.5. The van der Waals surface area contributed by atoms with E-state index in [2.05, 4.69) is 16.2 Å². The molecule has 10 heteroatoms. The number of pyridine rings is 1. The first-order valence-electron chi connectivity index (χ1n) is 9.67. The highest BCUT2D eigenvalue weighted by molar-refractivity contribution is 6.30. The summed E-state index contributed by atoms with van der Waals surface area (Å²) in [6, 6.07) is 12.8. The number of hydrogen-bond acceptors (Lipinski definition) is 5. The maximum Gasteiger partial charge on any atom is 0.275 e. The van der Waals surface area contributed by atoms with Gasteiger partial charge in [0.1, 0.15) is 17.4 Å². The first-order valence-corrected chi connectivity index (χ1v) is 10.0. The number of para-hydroxylation sites is 2. The van der Waals surface area contributed by atoms with Crippen LogP contribution in [0.15, 0.2) is 52.1 Å². The fraction of sp³-hybridized carbons (Fsp3) is 0.0435. The molecule has 2 N–H and O–H groups in total. The van der Waals surface area contributed by atoms with Gasteiger partial charge in [-0.3, -0.25) is 19.1 Å². The Balaban J connectivity index is 1.84. The zero-order valence-corrected chi connectivity index (χ0v) is 17.7. The number of nitriles is 1. The third-order valence-electron chi connectivity index (χ3n) is 5.47. The van der Waals surface area contributed by atoms with E-state index in [1.807, 2.05) is 0 Å². The number of H-pyrrole nitrogens is 1. The third kappa shape index (κ3) is 3.00. The van der Waals surface area contributed by atoms with E-state index < -0.39 is 22.8 Å². The zero-order chi connectivity index (χ0) is 23.4. The van der Waals surface area contributed by atoms with Crippen LogP contribution in [0.25, 0.3) is 28.4 Å². The topological polar surface area (TPSA) is 116 Å². The van der Waals surface area contributed by atoms with E-state index in [0.717, 1.165) is 10.7 Å². The number of halogens is 2. The normalized spacial score (nSPS) is 12.0. The van der Waals surface area contributed by atoms with Crippen molar-refractivity contribution in [1.82, 2.24) is 19.2 Å². The zero-order valence-electron chi connectivity index (χ0n) is 16.9.